The summed E-state index contributed by atoms with van der Waals surface area (Å²) >= 11 is 0. The molecule has 0 spiro atoms. The van der Waals surface area contributed by atoms with E-state index in [9.17, 15) is 19.7 Å². The van der Waals surface area contributed by atoms with Crippen molar-refractivity contribution < 1.29 is 19.2 Å². The standard InChI is InChI=1S/C21H28N2O5/c1-2-28-21(25)15-16-22(18-7-5-3-4-6-8-18)20(24)14-11-17-9-12-19(13-10-17)23(26)27/h9-14,18H,2-8,15-16H2,1H3/b14-11+. The number of nitro groups is 1. The van der Waals surface area contributed by atoms with E-state index in [0.29, 0.717) is 18.7 Å². The van der Waals surface area contributed by atoms with E-state index in [2.05, 4.69) is 0 Å². The molecule has 0 unspecified atom stereocenters. The molecule has 1 aliphatic rings. The van der Waals surface area contributed by atoms with Crippen molar-refractivity contribution in [1.82, 2.24) is 4.90 Å². The van der Waals surface area contributed by atoms with Gasteiger partial charge in [-0.1, -0.05) is 25.7 Å². The number of nitrogens with zero attached hydrogens (tertiary/aromatic N) is 2. The second kappa shape index (κ2) is 11.2. The van der Waals surface area contributed by atoms with E-state index < -0.39 is 4.92 Å². The first-order valence-corrected chi connectivity index (χ1v) is 9.90. The number of ether oxygens (including phenoxy) is 1. The van der Waals surface area contributed by atoms with Gasteiger partial charge in [-0.15, -0.1) is 0 Å². The molecule has 0 aromatic heterocycles. The Morgan fingerprint density at radius 2 is 1.82 bits per heavy atom. The average molecular weight is 388 g/mol. The summed E-state index contributed by atoms with van der Waals surface area (Å²) in [4.78, 5) is 36.7. The summed E-state index contributed by atoms with van der Waals surface area (Å²) in [5, 5.41) is 10.7. The lowest BCUT2D eigenvalue weighted by Crippen LogP contribution is -2.40. The first-order valence-electron chi connectivity index (χ1n) is 9.90. The number of rotatable bonds is 8. The number of carbonyl (C=O) groups is 2. The van der Waals surface area contributed by atoms with Crippen LogP contribution >= 0.6 is 0 Å². The maximum absolute atomic E-state index is 12.9. The third-order valence-corrected chi connectivity index (χ3v) is 4.93. The molecule has 0 heterocycles. The van der Waals surface area contributed by atoms with Gasteiger partial charge in [-0.2, -0.15) is 0 Å². The van der Waals surface area contributed by atoms with Gasteiger partial charge in [0, 0.05) is 30.8 Å². The Morgan fingerprint density at radius 1 is 1.18 bits per heavy atom. The van der Waals surface area contributed by atoms with Gasteiger partial charge in [0.1, 0.15) is 0 Å². The molecule has 7 heteroatoms. The van der Waals surface area contributed by atoms with Gasteiger partial charge < -0.3 is 9.64 Å². The second-order valence-electron chi connectivity index (χ2n) is 6.91. The summed E-state index contributed by atoms with van der Waals surface area (Å²) in [6.07, 6.45) is 9.72. The molecule has 1 saturated carbocycles. The Kier molecular flexibility index (Phi) is 8.65. The van der Waals surface area contributed by atoms with Gasteiger partial charge in [0.2, 0.25) is 5.91 Å². The van der Waals surface area contributed by atoms with Crippen molar-refractivity contribution >= 4 is 23.6 Å². The maximum atomic E-state index is 12.9. The van der Waals surface area contributed by atoms with Gasteiger partial charge in [-0.05, 0) is 43.5 Å². The SMILES string of the molecule is CCOC(=O)CCN(C(=O)/C=C/c1ccc([N+](=O)[O-])cc1)C1CCCCCC1. The summed E-state index contributed by atoms with van der Waals surface area (Å²) in [6.45, 7) is 2.43. The van der Waals surface area contributed by atoms with E-state index >= 15 is 0 Å². The minimum Gasteiger partial charge on any atom is -0.466 e. The Balaban J connectivity index is 2.07. The van der Waals surface area contributed by atoms with Crippen LogP contribution in [0.3, 0.4) is 0 Å². The molecule has 0 atom stereocenters. The minimum atomic E-state index is -0.457. The van der Waals surface area contributed by atoms with Crippen LogP contribution in [0, 0.1) is 10.1 Å². The van der Waals surface area contributed by atoms with Crippen LogP contribution in [0.15, 0.2) is 30.3 Å². The zero-order valence-corrected chi connectivity index (χ0v) is 16.3. The van der Waals surface area contributed by atoms with Crippen molar-refractivity contribution in [2.24, 2.45) is 0 Å². The highest BCUT2D eigenvalue weighted by Crippen LogP contribution is 2.23. The molecule has 7 nitrogen and oxygen atoms in total. The Morgan fingerprint density at radius 3 is 2.39 bits per heavy atom. The number of amides is 1. The molecule has 152 valence electrons. The number of esters is 1. The average Bonchev–Trinajstić information content (AvgIpc) is 2.96. The molecule has 0 radical (unpaired) electrons. The maximum Gasteiger partial charge on any atom is 0.307 e. The topological polar surface area (TPSA) is 89.8 Å². The highest BCUT2D eigenvalue weighted by Gasteiger charge is 2.24. The van der Waals surface area contributed by atoms with Crippen LogP contribution in [0.2, 0.25) is 0 Å². The van der Waals surface area contributed by atoms with Gasteiger partial charge in [-0.3, -0.25) is 19.7 Å². The highest BCUT2D eigenvalue weighted by atomic mass is 16.6. The molecule has 1 aromatic rings. The van der Waals surface area contributed by atoms with Crippen molar-refractivity contribution in [2.75, 3.05) is 13.2 Å². The molecular weight excluding hydrogens is 360 g/mol. The molecule has 0 bridgehead atoms. The van der Waals surface area contributed by atoms with E-state index in [0.717, 1.165) is 25.7 Å². The molecule has 1 amide bonds. The van der Waals surface area contributed by atoms with Gasteiger partial charge in [0.25, 0.3) is 5.69 Å². The van der Waals surface area contributed by atoms with Crippen molar-refractivity contribution in [2.45, 2.75) is 57.9 Å². The van der Waals surface area contributed by atoms with Crippen LogP contribution in [0.5, 0.6) is 0 Å². The molecule has 28 heavy (non-hydrogen) atoms. The largest absolute Gasteiger partial charge is 0.466 e. The fourth-order valence-corrected chi connectivity index (χ4v) is 3.46. The van der Waals surface area contributed by atoms with Gasteiger partial charge in [0.05, 0.1) is 18.0 Å². The Hall–Kier alpha value is -2.70. The van der Waals surface area contributed by atoms with Crippen LogP contribution in [-0.2, 0) is 14.3 Å². The normalized spacial score (nSPS) is 15.2. The lowest BCUT2D eigenvalue weighted by molar-refractivity contribution is -0.384. The van der Waals surface area contributed by atoms with Crippen LogP contribution in [0.4, 0.5) is 5.69 Å². The monoisotopic (exact) mass is 388 g/mol. The van der Waals surface area contributed by atoms with Crippen LogP contribution < -0.4 is 0 Å². The summed E-state index contributed by atoms with van der Waals surface area (Å²) in [7, 11) is 0. The summed E-state index contributed by atoms with van der Waals surface area (Å²) in [6, 6.07) is 6.17. The van der Waals surface area contributed by atoms with Gasteiger partial charge >= 0.3 is 5.97 Å². The molecule has 1 fully saturated rings. The number of benzene rings is 1. The summed E-state index contributed by atoms with van der Waals surface area (Å²) < 4.78 is 4.99. The number of carbonyl (C=O) groups excluding carboxylic acids is 2. The molecule has 0 N–H and O–H groups in total. The van der Waals surface area contributed by atoms with Gasteiger partial charge in [0.15, 0.2) is 0 Å². The minimum absolute atomic E-state index is 0.0120. The van der Waals surface area contributed by atoms with Crippen molar-refractivity contribution in [3.8, 4) is 0 Å². The summed E-state index contributed by atoms with van der Waals surface area (Å²) in [5.74, 6) is -0.442. The first kappa shape index (κ1) is 21.6. The van der Waals surface area contributed by atoms with E-state index in [1.807, 2.05) is 0 Å². The van der Waals surface area contributed by atoms with Crippen molar-refractivity contribution in [3.63, 3.8) is 0 Å². The Labute approximate surface area is 165 Å². The third-order valence-electron chi connectivity index (χ3n) is 4.93. The molecule has 2 rings (SSSR count). The van der Waals surface area contributed by atoms with Crippen molar-refractivity contribution in [3.05, 3.63) is 46.0 Å². The number of nitro benzene ring substituents is 1. The fourth-order valence-electron chi connectivity index (χ4n) is 3.46. The smallest absolute Gasteiger partial charge is 0.307 e. The molecule has 0 aliphatic heterocycles. The number of non-ortho nitro benzene ring substituents is 1. The zero-order valence-electron chi connectivity index (χ0n) is 16.3. The van der Waals surface area contributed by atoms with E-state index in [-0.39, 0.29) is 30.0 Å². The lowest BCUT2D eigenvalue weighted by Gasteiger charge is -2.30. The number of hydrogen-bond donors (Lipinski definition) is 0. The molecule has 0 saturated heterocycles. The third kappa shape index (κ3) is 6.79. The lowest BCUT2D eigenvalue weighted by atomic mass is 10.1. The first-order chi connectivity index (χ1) is 13.5. The summed E-state index contributed by atoms with van der Waals surface area (Å²) in [5.41, 5.74) is 0.725. The highest BCUT2D eigenvalue weighted by molar-refractivity contribution is 5.92. The van der Waals surface area contributed by atoms with Crippen molar-refractivity contribution in [1.29, 1.82) is 0 Å². The predicted molar refractivity (Wildman–Crippen MR) is 107 cm³/mol. The second-order valence-corrected chi connectivity index (χ2v) is 6.91. The molecule has 1 aliphatic carbocycles. The quantitative estimate of drug-likeness (QED) is 0.220. The zero-order chi connectivity index (χ0) is 20.4. The predicted octanol–water partition coefficient (Wildman–Crippen LogP) is 4.11. The number of hydrogen-bond acceptors (Lipinski definition) is 5. The molecule has 1 aromatic carbocycles. The van der Waals surface area contributed by atoms with Crippen LogP contribution in [-0.4, -0.2) is 40.9 Å². The van der Waals surface area contributed by atoms with Gasteiger partial charge in [-0.25, -0.2) is 0 Å². The van der Waals surface area contributed by atoms with E-state index in [1.165, 1.54) is 31.1 Å². The van der Waals surface area contributed by atoms with Crippen LogP contribution in [0.1, 0.15) is 57.4 Å². The van der Waals surface area contributed by atoms with Crippen LogP contribution in [0.25, 0.3) is 6.08 Å². The molecular formula is C21H28N2O5. The van der Waals surface area contributed by atoms with E-state index in [4.69, 9.17) is 4.74 Å². The Bertz CT molecular complexity index is 691. The fraction of sp³-hybridized carbons (Fsp3) is 0.524. The van der Waals surface area contributed by atoms with E-state index in [1.54, 1.807) is 30.0 Å².